The lowest BCUT2D eigenvalue weighted by molar-refractivity contribution is -0.182. The summed E-state index contributed by atoms with van der Waals surface area (Å²) in [5.41, 5.74) is 6.47. The Morgan fingerprint density at radius 1 is 1.14 bits per heavy atom. The number of carbonyl (C=O) groups is 1. The maximum atomic E-state index is 13.2. The summed E-state index contributed by atoms with van der Waals surface area (Å²) >= 11 is 6.00. The maximum Gasteiger partial charge on any atom is 0.400 e. The SMILES string of the molecule is NC(=O)C(CCN1CCC[C@@H]1Cn1nc(Cc2ccc(Cl)cc2)c2ccccc2c1=O)C(F)(F)F. The van der Waals surface area contributed by atoms with Crippen molar-refractivity contribution in [2.45, 2.75) is 44.4 Å². The molecule has 186 valence electrons. The highest BCUT2D eigenvalue weighted by atomic mass is 35.5. The lowest BCUT2D eigenvalue weighted by Crippen LogP contribution is -2.41. The lowest BCUT2D eigenvalue weighted by Gasteiger charge is -2.27. The first-order chi connectivity index (χ1) is 16.6. The van der Waals surface area contributed by atoms with Crippen molar-refractivity contribution in [3.8, 4) is 0 Å². The average molecular weight is 507 g/mol. The van der Waals surface area contributed by atoms with E-state index in [0.29, 0.717) is 23.4 Å². The summed E-state index contributed by atoms with van der Waals surface area (Å²) in [6, 6.07) is 14.5. The second-order valence-corrected chi connectivity index (χ2v) is 9.34. The molecule has 1 unspecified atom stereocenters. The van der Waals surface area contributed by atoms with Crippen molar-refractivity contribution in [1.82, 2.24) is 14.7 Å². The highest BCUT2D eigenvalue weighted by Gasteiger charge is 2.44. The maximum absolute atomic E-state index is 13.2. The number of alkyl halides is 3. The largest absolute Gasteiger partial charge is 0.400 e. The number of hydrogen-bond donors (Lipinski definition) is 1. The molecule has 3 aromatic rings. The van der Waals surface area contributed by atoms with Crippen LogP contribution < -0.4 is 11.3 Å². The number of benzene rings is 2. The molecule has 1 amide bonds. The summed E-state index contributed by atoms with van der Waals surface area (Å²) in [5, 5.41) is 6.60. The van der Waals surface area contributed by atoms with Gasteiger partial charge in [0.2, 0.25) is 5.91 Å². The monoisotopic (exact) mass is 506 g/mol. The van der Waals surface area contributed by atoms with Crippen molar-refractivity contribution in [1.29, 1.82) is 0 Å². The van der Waals surface area contributed by atoms with Crippen molar-refractivity contribution in [3.05, 3.63) is 75.2 Å². The fraction of sp³-hybridized carbons (Fsp3) is 0.400. The van der Waals surface area contributed by atoms with Gasteiger partial charge in [-0.25, -0.2) is 4.68 Å². The molecule has 0 saturated carbocycles. The van der Waals surface area contributed by atoms with Gasteiger partial charge in [-0.2, -0.15) is 18.3 Å². The predicted molar refractivity (Wildman–Crippen MR) is 128 cm³/mol. The Hall–Kier alpha value is -2.91. The number of halogens is 4. The van der Waals surface area contributed by atoms with Crippen molar-refractivity contribution in [2.75, 3.05) is 13.1 Å². The minimum atomic E-state index is -4.67. The van der Waals surface area contributed by atoms with E-state index in [1.807, 2.05) is 29.2 Å². The van der Waals surface area contributed by atoms with Gasteiger partial charge < -0.3 is 5.73 Å². The van der Waals surface area contributed by atoms with Crippen LogP contribution in [-0.2, 0) is 17.8 Å². The second kappa shape index (κ2) is 10.4. The third-order valence-electron chi connectivity index (χ3n) is 6.56. The van der Waals surface area contributed by atoms with Gasteiger partial charge in [0.15, 0.2) is 0 Å². The number of carbonyl (C=O) groups excluding carboxylic acids is 1. The molecule has 35 heavy (non-hydrogen) atoms. The Labute approximate surface area is 205 Å². The molecule has 0 aliphatic carbocycles. The molecule has 4 rings (SSSR count). The molecule has 6 nitrogen and oxygen atoms in total. The number of hydrogen-bond acceptors (Lipinski definition) is 4. The van der Waals surface area contributed by atoms with Crippen LogP contribution >= 0.6 is 11.6 Å². The molecule has 1 fully saturated rings. The molecule has 2 aromatic carbocycles. The van der Waals surface area contributed by atoms with Crippen molar-refractivity contribution in [3.63, 3.8) is 0 Å². The minimum absolute atomic E-state index is 0.0672. The molecule has 2 atom stereocenters. The lowest BCUT2D eigenvalue weighted by atomic mass is 10.0. The van der Waals surface area contributed by atoms with Gasteiger partial charge in [-0.15, -0.1) is 0 Å². The number of rotatable bonds is 8. The molecular formula is C25H26ClF3N4O2. The average Bonchev–Trinajstić information content (AvgIpc) is 3.24. The highest BCUT2D eigenvalue weighted by molar-refractivity contribution is 6.30. The van der Waals surface area contributed by atoms with E-state index in [4.69, 9.17) is 17.3 Å². The molecule has 0 radical (unpaired) electrons. The third-order valence-corrected chi connectivity index (χ3v) is 6.81. The zero-order chi connectivity index (χ0) is 25.2. The van der Waals surface area contributed by atoms with Crippen LogP contribution in [0.2, 0.25) is 5.02 Å². The summed E-state index contributed by atoms with van der Waals surface area (Å²) in [4.78, 5) is 26.4. The van der Waals surface area contributed by atoms with E-state index in [1.54, 1.807) is 24.3 Å². The van der Waals surface area contributed by atoms with Crippen molar-refractivity contribution < 1.29 is 18.0 Å². The van der Waals surface area contributed by atoms with E-state index in [-0.39, 0.29) is 24.7 Å². The quantitative estimate of drug-likeness (QED) is 0.497. The highest BCUT2D eigenvalue weighted by Crippen LogP contribution is 2.30. The Morgan fingerprint density at radius 3 is 2.49 bits per heavy atom. The Bertz CT molecular complexity index is 1260. The minimum Gasteiger partial charge on any atom is -0.369 e. The summed E-state index contributed by atoms with van der Waals surface area (Å²) in [6.07, 6.45) is -3.07. The Kier molecular flexibility index (Phi) is 7.47. The van der Waals surface area contributed by atoms with Crippen LogP contribution in [-0.4, -0.2) is 45.9 Å². The number of fused-ring (bicyclic) bond motifs is 1. The van der Waals surface area contributed by atoms with Crippen LogP contribution in [0.15, 0.2) is 53.3 Å². The molecule has 0 spiro atoms. The van der Waals surface area contributed by atoms with E-state index in [9.17, 15) is 22.8 Å². The Morgan fingerprint density at radius 2 is 1.83 bits per heavy atom. The van der Waals surface area contributed by atoms with Crippen molar-refractivity contribution >= 4 is 28.3 Å². The number of nitrogens with zero attached hydrogens (tertiary/aromatic N) is 3. The van der Waals surface area contributed by atoms with Crippen LogP contribution in [0.1, 0.15) is 30.5 Å². The van der Waals surface area contributed by atoms with E-state index in [2.05, 4.69) is 5.10 Å². The topological polar surface area (TPSA) is 81.2 Å². The molecule has 1 saturated heterocycles. The molecular weight excluding hydrogens is 481 g/mol. The van der Waals surface area contributed by atoms with E-state index >= 15 is 0 Å². The third kappa shape index (κ3) is 5.85. The summed E-state index contributed by atoms with van der Waals surface area (Å²) in [5.74, 6) is -3.55. The van der Waals surface area contributed by atoms with Crippen LogP contribution in [0.5, 0.6) is 0 Å². The van der Waals surface area contributed by atoms with Crippen molar-refractivity contribution in [2.24, 2.45) is 11.7 Å². The number of aromatic nitrogens is 2. The van der Waals surface area contributed by atoms with Crippen LogP contribution in [0.3, 0.4) is 0 Å². The summed E-state index contributed by atoms with van der Waals surface area (Å²) < 4.78 is 40.9. The fourth-order valence-electron chi connectivity index (χ4n) is 4.71. The number of nitrogens with two attached hydrogens (primary N) is 1. The predicted octanol–water partition coefficient (Wildman–Crippen LogP) is 4.16. The molecule has 2 heterocycles. The molecule has 1 aliphatic rings. The van der Waals surface area contributed by atoms with Gasteiger partial charge in [0.1, 0.15) is 5.92 Å². The first-order valence-electron chi connectivity index (χ1n) is 11.5. The molecule has 10 heteroatoms. The molecule has 1 aliphatic heterocycles. The standard InChI is InChI=1S/C25H26ClF3N4O2/c26-17-9-7-16(8-10-17)14-22-19-5-1-2-6-20(19)24(35)33(31-22)15-18-4-3-12-32(18)13-11-21(23(30)34)25(27,28)29/h1-2,5-10,18,21H,3-4,11-15H2,(H2,30,34)/t18-,21?/m1/s1. The van der Waals surface area contributed by atoms with Gasteiger partial charge in [0, 0.05) is 22.9 Å². The molecule has 1 aromatic heterocycles. The number of primary amides is 1. The van der Waals surface area contributed by atoms with E-state index in [1.165, 1.54) is 4.68 Å². The Balaban J connectivity index is 1.58. The van der Waals surface area contributed by atoms with E-state index in [0.717, 1.165) is 29.5 Å². The molecule has 2 N–H and O–H groups in total. The summed E-state index contributed by atoms with van der Waals surface area (Å²) in [7, 11) is 0. The summed E-state index contributed by atoms with van der Waals surface area (Å²) in [6.45, 7) is 0.913. The van der Waals surface area contributed by atoms with Gasteiger partial charge in [0.05, 0.1) is 17.6 Å². The second-order valence-electron chi connectivity index (χ2n) is 8.90. The fourth-order valence-corrected chi connectivity index (χ4v) is 4.84. The first-order valence-corrected chi connectivity index (χ1v) is 11.8. The van der Waals surface area contributed by atoms with Gasteiger partial charge in [-0.3, -0.25) is 14.5 Å². The zero-order valence-electron chi connectivity index (χ0n) is 19.0. The van der Waals surface area contributed by atoms with E-state index < -0.39 is 24.4 Å². The number of amides is 1. The first kappa shape index (κ1) is 25.2. The van der Waals surface area contributed by atoms with Gasteiger partial charge in [-0.1, -0.05) is 41.9 Å². The van der Waals surface area contributed by atoms with Crippen LogP contribution in [0, 0.1) is 5.92 Å². The molecule has 0 bridgehead atoms. The van der Waals surface area contributed by atoms with Crippen LogP contribution in [0.4, 0.5) is 13.2 Å². The smallest absolute Gasteiger partial charge is 0.369 e. The zero-order valence-corrected chi connectivity index (χ0v) is 19.7. The number of likely N-dealkylation sites (tertiary alicyclic amines) is 1. The van der Waals surface area contributed by atoms with Crippen LogP contribution in [0.25, 0.3) is 10.8 Å². The normalized spacial score (nSPS) is 17.7. The van der Waals surface area contributed by atoms with Gasteiger partial charge in [0.25, 0.3) is 5.56 Å². The van der Waals surface area contributed by atoms with Gasteiger partial charge in [-0.05, 0) is 56.1 Å². The van der Waals surface area contributed by atoms with Gasteiger partial charge >= 0.3 is 6.18 Å².